The molecule has 0 saturated heterocycles. The number of carbonyl (C=O) groups is 1. The minimum atomic E-state index is -4.42. The first-order valence-corrected chi connectivity index (χ1v) is 5.50. The van der Waals surface area contributed by atoms with Crippen molar-refractivity contribution in [3.8, 4) is 5.88 Å². The highest BCUT2D eigenvalue weighted by Crippen LogP contribution is 2.29. The summed E-state index contributed by atoms with van der Waals surface area (Å²) in [6.07, 6.45) is -3.73. The van der Waals surface area contributed by atoms with Crippen LogP contribution in [0.1, 0.15) is 12.5 Å². The van der Waals surface area contributed by atoms with Gasteiger partial charge in [-0.1, -0.05) is 0 Å². The van der Waals surface area contributed by atoms with Gasteiger partial charge in [-0.3, -0.25) is 4.79 Å². The maximum Gasteiger partial charge on any atom is 0.417 e. The van der Waals surface area contributed by atoms with Gasteiger partial charge in [0.1, 0.15) is 6.61 Å². The van der Waals surface area contributed by atoms with Crippen molar-refractivity contribution in [2.45, 2.75) is 19.1 Å². The molecule has 0 aromatic carbocycles. The Kier molecular flexibility index (Phi) is 5.11. The number of aromatic nitrogens is 1. The fraction of sp³-hybridized carbons (Fsp3) is 0.455. The van der Waals surface area contributed by atoms with Gasteiger partial charge in [0.25, 0.3) is 0 Å². The lowest BCUT2D eigenvalue weighted by Gasteiger charge is -2.09. The molecule has 106 valence electrons. The van der Waals surface area contributed by atoms with Crippen LogP contribution in [0.2, 0.25) is 0 Å². The topological polar surface area (TPSA) is 77.2 Å². The van der Waals surface area contributed by atoms with E-state index in [1.807, 2.05) is 0 Å². The normalized spacial score (nSPS) is 12.9. The van der Waals surface area contributed by atoms with Crippen LogP contribution in [0.3, 0.4) is 0 Å². The second-order valence-electron chi connectivity index (χ2n) is 3.81. The van der Waals surface area contributed by atoms with Crippen molar-refractivity contribution in [3.63, 3.8) is 0 Å². The number of nitrogens with zero attached hydrogens (tertiary/aromatic N) is 1. The van der Waals surface area contributed by atoms with Gasteiger partial charge >= 0.3 is 6.18 Å². The van der Waals surface area contributed by atoms with Crippen LogP contribution in [0.15, 0.2) is 18.3 Å². The van der Waals surface area contributed by atoms with Gasteiger partial charge in [-0.15, -0.1) is 0 Å². The van der Waals surface area contributed by atoms with E-state index in [0.29, 0.717) is 6.20 Å². The summed E-state index contributed by atoms with van der Waals surface area (Å²) in [6, 6.07) is 1.38. The Morgan fingerprint density at radius 1 is 1.53 bits per heavy atom. The van der Waals surface area contributed by atoms with Crippen molar-refractivity contribution in [1.82, 2.24) is 10.3 Å². The maximum absolute atomic E-state index is 12.3. The number of rotatable bonds is 5. The summed E-state index contributed by atoms with van der Waals surface area (Å²) < 4.78 is 41.8. The summed E-state index contributed by atoms with van der Waals surface area (Å²) in [5.41, 5.74) is 4.47. The molecule has 0 spiro atoms. The Hall–Kier alpha value is -1.83. The van der Waals surface area contributed by atoms with Gasteiger partial charge in [0, 0.05) is 12.3 Å². The Morgan fingerprint density at radius 2 is 2.21 bits per heavy atom. The number of nitrogens with one attached hydrogen (secondary N) is 1. The molecule has 0 fully saturated rings. The fourth-order valence-corrected chi connectivity index (χ4v) is 1.12. The Balaban J connectivity index is 2.37. The summed E-state index contributed by atoms with van der Waals surface area (Å²) in [6.45, 7) is 1.83. The second-order valence-corrected chi connectivity index (χ2v) is 3.81. The number of alkyl halides is 3. The average Bonchev–Trinajstić information content (AvgIpc) is 2.33. The molecule has 1 aromatic rings. The zero-order valence-electron chi connectivity index (χ0n) is 10.2. The highest BCUT2D eigenvalue weighted by atomic mass is 19.4. The molecule has 5 nitrogen and oxygen atoms in total. The SMILES string of the molecule is CC(N)C(=O)NCCOc1ccc(C(F)(F)F)cn1. The molecule has 1 rings (SSSR count). The number of halogens is 3. The van der Waals surface area contributed by atoms with Crippen LogP contribution in [0.25, 0.3) is 0 Å². The zero-order valence-corrected chi connectivity index (χ0v) is 10.2. The summed E-state index contributed by atoms with van der Waals surface area (Å²) in [4.78, 5) is 14.6. The van der Waals surface area contributed by atoms with Crippen LogP contribution in [0.5, 0.6) is 5.88 Å². The van der Waals surface area contributed by atoms with Crippen molar-refractivity contribution in [1.29, 1.82) is 0 Å². The van der Waals surface area contributed by atoms with E-state index in [0.717, 1.165) is 12.1 Å². The lowest BCUT2D eigenvalue weighted by Crippen LogP contribution is -2.40. The number of amides is 1. The molecule has 1 amide bonds. The number of nitrogens with two attached hydrogens (primary N) is 1. The summed E-state index contributed by atoms with van der Waals surface area (Å²) >= 11 is 0. The van der Waals surface area contributed by atoms with Crippen molar-refractivity contribution >= 4 is 5.91 Å². The highest BCUT2D eigenvalue weighted by Gasteiger charge is 2.30. The molecule has 3 N–H and O–H groups in total. The van der Waals surface area contributed by atoms with E-state index in [-0.39, 0.29) is 24.9 Å². The summed E-state index contributed by atoms with van der Waals surface area (Å²) in [5.74, 6) is -0.271. The van der Waals surface area contributed by atoms with Gasteiger partial charge in [0.2, 0.25) is 11.8 Å². The monoisotopic (exact) mass is 277 g/mol. The van der Waals surface area contributed by atoms with Gasteiger partial charge < -0.3 is 15.8 Å². The molecule has 0 radical (unpaired) electrons. The standard InChI is InChI=1S/C11H14F3N3O2/c1-7(15)10(18)16-4-5-19-9-3-2-8(6-17-9)11(12,13)14/h2-3,6-7H,4-5,15H2,1H3,(H,16,18). The molecule has 8 heteroatoms. The third-order valence-corrected chi connectivity index (χ3v) is 2.13. The molecule has 0 aliphatic rings. The van der Waals surface area contributed by atoms with Crippen LogP contribution in [-0.4, -0.2) is 30.1 Å². The molecule has 0 bridgehead atoms. The van der Waals surface area contributed by atoms with E-state index < -0.39 is 17.8 Å². The summed E-state index contributed by atoms with van der Waals surface area (Å²) in [7, 11) is 0. The maximum atomic E-state index is 12.3. The molecule has 19 heavy (non-hydrogen) atoms. The molecule has 1 atom stereocenters. The van der Waals surface area contributed by atoms with Crippen molar-refractivity contribution in [2.24, 2.45) is 5.73 Å². The van der Waals surface area contributed by atoms with Crippen molar-refractivity contribution < 1.29 is 22.7 Å². The lowest BCUT2D eigenvalue weighted by atomic mass is 10.3. The van der Waals surface area contributed by atoms with Gasteiger partial charge in [0.15, 0.2) is 0 Å². The van der Waals surface area contributed by atoms with Gasteiger partial charge in [-0.25, -0.2) is 4.98 Å². The molecular weight excluding hydrogens is 263 g/mol. The van der Waals surface area contributed by atoms with Gasteiger partial charge in [-0.05, 0) is 13.0 Å². The molecule has 1 aromatic heterocycles. The minimum Gasteiger partial charge on any atom is -0.476 e. The molecule has 1 unspecified atom stereocenters. The first-order chi connectivity index (χ1) is 8.80. The number of hydrogen-bond acceptors (Lipinski definition) is 4. The van der Waals surface area contributed by atoms with Crippen LogP contribution >= 0.6 is 0 Å². The average molecular weight is 277 g/mol. The first-order valence-electron chi connectivity index (χ1n) is 5.50. The third-order valence-electron chi connectivity index (χ3n) is 2.13. The number of hydrogen-bond donors (Lipinski definition) is 2. The fourth-order valence-electron chi connectivity index (χ4n) is 1.12. The van der Waals surface area contributed by atoms with E-state index in [9.17, 15) is 18.0 Å². The lowest BCUT2D eigenvalue weighted by molar-refractivity contribution is -0.137. The number of carbonyl (C=O) groups excluding carboxylic acids is 1. The predicted octanol–water partition coefficient (Wildman–Crippen LogP) is 0.943. The quantitative estimate of drug-likeness (QED) is 0.785. The Bertz CT molecular complexity index is 418. The van der Waals surface area contributed by atoms with Crippen LogP contribution in [0.4, 0.5) is 13.2 Å². The van der Waals surface area contributed by atoms with Gasteiger partial charge in [0.05, 0.1) is 18.2 Å². The van der Waals surface area contributed by atoms with Crippen molar-refractivity contribution in [2.75, 3.05) is 13.2 Å². The number of ether oxygens (including phenoxy) is 1. The predicted molar refractivity (Wildman–Crippen MR) is 61.4 cm³/mol. The first kappa shape index (κ1) is 15.2. The van der Waals surface area contributed by atoms with E-state index >= 15 is 0 Å². The molecule has 0 aliphatic carbocycles. The largest absolute Gasteiger partial charge is 0.476 e. The van der Waals surface area contributed by atoms with Crippen molar-refractivity contribution in [3.05, 3.63) is 23.9 Å². The minimum absolute atomic E-state index is 0.0584. The smallest absolute Gasteiger partial charge is 0.417 e. The zero-order chi connectivity index (χ0) is 14.5. The molecular formula is C11H14F3N3O2. The number of pyridine rings is 1. The van der Waals surface area contributed by atoms with E-state index in [1.165, 1.54) is 6.92 Å². The van der Waals surface area contributed by atoms with Crippen LogP contribution in [-0.2, 0) is 11.0 Å². The van der Waals surface area contributed by atoms with E-state index in [4.69, 9.17) is 10.5 Å². The van der Waals surface area contributed by atoms with Crippen LogP contribution < -0.4 is 15.8 Å². The molecule has 0 aliphatic heterocycles. The highest BCUT2D eigenvalue weighted by molar-refractivity contribution is 5.80. The second kappa shape index (κ2) is 6.37. The van der Waals surface area contributed by atoms with E-state index in [1.54, 1.807) is 0 Å². The molecule has 0 saturated carbocycles. The van der Waals surface area contributed by atoms with Crippen LogP contribution in [0, 0.1) is 0 Å². The Labute approximate surface area is 108 Å². The molecule has 1 heterocycles. The Morgan fingerprint density at radius 3 is 2.68 bits per heavy atom. The van der Waals surface area contributed by atoms with Gasteiger partial charge in [-0.2, -0.15) is 13.2 Å². The third kappa shape index (κ3) is 5.12. The van der Waals surface area contributed by atoms with E-state index in [2.05, 4.69) is 10.3 Å². The summed E-state index contributed by atoms with van der Waals surface area (Å²) in [5, 5.41) is 2.49.